The molecule has 1 aromatic heterocycles. The molecule has 8 heteroatoms. The van der Waals surface area contributed by atoms with Crippen LogP contribution in [0.1, 0.15) is 35.6 Å². The van der Waals surface area contributed by atoms with Gasteiger partial charge in [0.1, 0.15) is 11.6 Å². The normalized spacial score (nSPS) is 11.8. The maximum Gasteiger partial charge on any atom is 0.271 e. The first-order valence-corrected chi connectivity index (χ1v) is 9.07. The largest absolute Gasteiger partial charge is 0.506 e. The summed E-state index contributed by atoms with van der Waals surface area (Å²) in [5.74, 6) is 0.373. The Morgan fingerprint density at radius 1 is 1.30 bits per heavy atom. The zero-order chi connectivity index (χ0) is 19.7. The molecule has 0 saturated heterocycles. The van der Waals surface area contributed by atoms with E-state index in [-0.39, 0.29) is 16.7 Å². The van der Waals surface area contributed by atoms with E-state index >= 15 is 0 Å². The van der Waals surface area contributed by atoms with Crippen molar-refractivity contribution >= 4 is 45.9 Å². The van der Waals surface area contributed by atoms with Gasteiger partial charge in [-0.25, -0.2) is 10.4 Å². The summed E-state index contributed by atoms with van der Waals surface area (Å²) in [6.45, 7) is 6.42. The van der Waals surface area contributed by atoms with Crippen LogP contribution in [0.4, 0.5) is 0 Å². The van der Waals surface area contributed by atoms with Gasteiger partial charge in [0.05, 0.1) is 21.8 Å². The molecule has 2 N–H and O–H groups in total. The molecule has 0 radical (unpaired) electrons. The van der Waals surface area contributed by atoms with Gasteiger partial charge in [-0.05, 0) is 51.1 Å². The van der Waals surface area contributed by atoms with Crippen molar-refractivity contribution in [2.75, 3.05) is 0 Å². The van der Waals surface area contributed by atoms with E-state index in [0.717, 1.165) is 23.4 Å². The van der Waals surface area contributed by atoms with Gasteiger partial charge in [0.25, 0.3) is 5.91 Å². The second-order valence-electron chi connectivity index (χ2n) is 6.03. The molecule has 1 amide bonds. The van der Waals surface area contributed by atoms with Gasteiger partial charge in [0.15, 0.2) is 0 Å². The van der Waals surface area contributed by atoms with Crippen LogP contribution in [-0.2, 0) is 6.54 Å². The molecule has 0 aliphatic rings. The first-order valence-electron chi connectivity index (χ1n) is 8.31. The Kier molecular flexibility index (Phi) is 5.39. The number of fused-ring (bicyclic) bond motifs is 1. The highest BCUT2D eigenvalue weighted by atomic mass is 35.5. The van der Waals surface area contributed by atoms with Crippen LogP contribution in [0.25, 0.3) is 11.0 Å². The quantitative estimate of drug-likeness (QED) is 0.494. The van der Waals surface area contributed by atoms with E-state index in [2.05, 4.69) is 20.1 Å². The van der Waals surface area contributed by atoms with Crippen molar-refractivity contribution in [1.29, 1.82) is 0 Å². The number of aromatic hydroxyl groups is 1. The SMILES string of the molecule is CCn1c(C)nc2cc(C(=O)NN=C(C)c3cc(Cl)cc(Cl)c3O)ccc21. The predicted molar refractivity (Wildman–Crippen MR) is 108 cm³/mol. The molecule has 140 valence electrons. The summed E-state index contributed by atoms with van der Waals surface area (Å²) >= 11 is 11.9. The Morgan fingerprint density at radius 2 is 2.04 bits per heavy atom. The number of aryl methyl sites for hydroxylation is 2. The number of hydrogen-bond donors (Lipinski definition) is 2. The summed E-state index contributed by atoms with van der Waals surface area (Å²) in [5.41, 5.74) is 5.37. The summed E-state index contributed by atoms with van der Waals surface area (Å²) in [7, 11) is 0. The molecular weight excluding hydrogens is 387 g/mol. The zero-order valence-electron chi connectivity index (χ0n) is 15.0. The van der Waals surface area contributed by atoms with Gasteiger partial charge >= 0.3 is 0 Å². The Morgan fingerprint density at radius 3 is 2.74 bits per heavy atom. The molecule has 6 nitrogen and oxygen atoms in total. The summed E-state index contributed by atoms with van der Waals surface area (Å²) in [4.78, 5) is 16.9. The lowest BCUT2D eigenvalue weighted by Crippen LogP contribution is -2.19. The van der Waals surface area contributed by atoms with Gasteiger partial charge < -0.3 is 9.67 Å². The van der Waals surface area contributed by atoms with Crippen molar-refractivity contribution in [1.82, 2.24) is 15.0 Å². The summed E-state index contributed by atoms with van der Waals surface area (Å²) < 4.78 is 2.07. The van der Waals surface area contributed by atoms with E-state index in [4.69, 9.17) is 23.2 Å². The number of halogens is 2. The predicted octanol–water partition coefficient (Wildman–Crippen LogP) is 4.53. The van der Waals surface area contributed by atoms with E-state index in [1.54, 1.807) is 19.1 Å². The Bertz CT molecular complexity index is 1070. The van der Waals surface area contributed by atoms with Crippen molar-refractivity contribution < 1.29 is 9.90 Å². The molecule has 0 aliphatic carbocycles. The van der Waals surface area contributed by atoms with E-state index in [9.17, 15) is 9.90 Å². The van der Waals surface area contributed by atoms with Gasteiger partial charge in [-0.15, -0.1) is 0 Å². The van der Waals surface area contributed by atoms with E-state index in [1.807, 2.05) is 19.9 Å². The fourth-order valence-corrected chi connectivity index (χ4v) is 3.39. The second kappa shape index (κ2) is 7.58. The minimum Gasteiger partial charge on any atom is -0.506 e. The molecule has 0 saturated carbocycles. The molecule has 1 heterocycles. The Hall–Kier alpha value is -2.57. The fourth-order valence-electron chi connectivity index (χ4n) is 2.89. The smallest absolute Gasteiger partial charge is 0.271 e. The Balaban J connectivity index is 1.85. The topological polar surface area (TPSA) is 79.5 Å². The standard InChI is InChI=1S/C19H18Cl2N4O2/c1-4-25-11(3)22-16-7-12(5-6-17(16)25)19(27)24-23-10(2)14-8-13(20)9-15(21)18(14)26/h5-9,26H,4H2,1-3H3,(H,24,27). The highest BCUT2D eigenvalue weighted by Crippen LogP contribution is 2.31. The van der Waals surface area contributed by atoms with Crippen LogP contribution in [0.3, 0.4) is 0 Å². The first-order chi connectivity index (χ1) is 12.8. The molecule has 2 aromatic carbocycles. The second-order valence-corrected chi connectivity index (χ2v) is 6.87. The van der Waals surface area contributed by atoms with Gasteiger partial charge in [0, 0.05) is 22.7 Å². The summed E-state index contributed by atoms with van der Waals surface area (Å²) in [6, 6.07) is 8.28. The average molecular weight is 405 g/mol. The highest BCUT2D eigenvalue weighted by Gasteiger charge is 2.13. The lowest BCUT2D eigenvalue weighted by Gasteiger charge is -2.07. The minimum absolute atomic E-state index is 0.116. The van der Waals surface area contributed by atoms with Gasteiger partial charge in [-0.3, -0.25) is 4.79 Å². The summed E-state index contributed by atoms with van der Waals surface area (Å²) in [6.07, 6.45) is 0. The maximum absolute atomic E-state index is 12.4. The average Bonchev–Trinajstić information content (AvgIpc) is 2.96. The van der Waals surface area contributed by atoms with Crippen molar-refractivity contribution in [2.45, 2.75) is 27.3 Å². The number of rotatable bonds is 4. The number of carbonyl (C=O) groups is 1. The number of amides is 1. The number of phenols is 1. The van der Waals surface area contributed by atoms with Crippen molar-refractivity contribution in [2.24, 2.45) is 5.10 Å². The molecule has 0 fully saturated rings. The fraction of sp³-hybridized carbons (Fsp3) is 0.211. The molecular formula is C19H18Cl2N4O2. The maximum atomic E-state index is 12.4. The van der Waals surface area contributed by atoms with Crippen LogP contribution in [0, 0.1) is 6.92 Å². The van der Waals surface area contributed by atoms with Gasteiger partial charge in [-0.2, -0.15) is 5.10 Å². The van der Waals surface area contributed by atoms with Crippen LogP contribution < -0.4 is 5.43 Å². The van der Waals surface area contributed by atoms with Crippen molar-refractivity contribution in [3.8, 4) is 5.75 Å². The number of nitrogens with one attached hydrogen (secondary N) is 1. The summed E-state index contributed by atoms with van der Waals surface area (Å²) in [5, 5.41) is 14.6. The minimum atomic E-state index is -0.382. The Labute approximate surface area is 166 Å². The molecule has 0 spiro atoms. The number of nitrogens with zero attached hydrogens (tertiary/aromatic N) is 3. The zero-order valence-corrected chi connectivity index (χ0v) is 16.6. The lowest BCUT2D eigenvalue weighted by molar-refractivity contribution is 0.0955. The third-order valence-corrected chi connectivity index (χ3v) is 4.77. The van der Waals surface area contributed by atoms with Crippen LogP contribution in [-0.4, -0.2) is 26.3 Å². The lowest BCUT2D eigenvalue weighted by atomic mass is 10.1. The van der Waals surface area contributed by atoms with Crippen LogP contribution in [0.5, 0.6) is 5.75 Å². The number of carbonyl (C=O) groups excluding carboxylic acids is 1. The molecule has 3 rings (SSSR count). The highest BCUT2D eigenvalue weighted by molar-refractivity contribution is 6.36. The molecule has 27 heavy (non-hydrogen) atoms. The number of benzene rings is 2. The van der Waals surface area contributed by atoms with E-state index < -0.39 is 0 Å². The molecule has 0 bridgehead atoms. The van der Waals surface area contributed by atoms with Crippen molar-refractivity contribution in [3.05, 3.63) is 57.3 Å². The monoisotopic (exact) mass is 404 g/mol. The molecule has 0 unspecified atom stereocenters. The van der Waals surface area contributed by atoms with Crippen molar-refractivity contribution in [3.63, 3.8) is 0 Å². The van der Waals surface area contributed by atoms with E-state index in [1.165, 1.54) is 12.1 Å². The molecule has 0 atom stereocenters. The van der Waals surface area contributed by atoms with Crippen LogP contribution in [0.15, 0.2) is 35.4 Å². The van der Waals surface area contributed by atoms with Crippen LogP contribution >= 0.6 is 23.2 Å². The number of phenolic OH excluding ortho intramolecular Hbond substituents is 1. The van der Waals surface area contributed by atoms with Gasteiger partial charge in [-0.1, -0.05) is 23.2 Å². The van der Waals surface area contributed by atoms with E-state index in [0.29, 0.717) is 21.9 Å². The third kappa shape index (κ3) is 3.77. The number of imidazole rings is 1. The third-order valence-electron chi connectivity index (χ3n) is 4.26. The van der Waals surface area contributed by atoms with Gasteiger partial charge in [0.2, 0.25) is 0 Å². The number of hydrogen-bond acceptors (Lipinski definition) is 4. The number of hydrazone groups is 1. The number of aromatic nitrogens is 2. The van der Waals surface area contributed by atoms with Crippen LogP contribution in [0.2, 0.25) is 10.0 Å². The molecule has 3 aromatic rings. The first kappa shape index (κ1) is 19.2. The molecule has 0 aliphatic heterocycles.